The monoisotopic (exact) mass is 545 g/mol. The summed E-state index contributed by atoms with van der Waals surface area (Å²) in [6, 6.07) is 3.17. The number of likely N-dealkylation sites (tertiary alicyclic amines) is 1. The molecule has 1 amide bonds. The molecule has 0 unspecified atom stereocenters. The highest BCUT2D eigenvalue weighted by molar-refractivity contribution is 7.90. The van der Waals surface area contributed by atoms with Crippen LogP contribution in [-0.2, 0) is 14.9 Å². The first-order valence-corrected chi connectivity index (χ1v) is 13.3. The van der Waals surface area contributed by atoms with E-state index in [2.05, 4.69) is 22.0 Å². The molecule has 1 aliphatic rings. The highest BCUT2D eigenvalue weighted by atomic mass is 32.2. The van der Waals surface area contributed by atoms with E-state index in [-0.39, 0.29) is 23.1 Å². The van der Waals surface area contributed by atoms with Crippen molar-refractivity contribution in [2.75, 3.05) is 31.4 Å². The Kier molecular flexibility index (Phi) is 7.94. The number of halogens is 2. The Balaban J connectivity index is 1.61. The van der Waals surface area contributed by atoms with Crippen molar-refractivity contribution in [1.82, 2.24) is 19.2 Å². The lowest BCUT2D eigenvalue weighted by molar-refractivity contribution is 0.103. The summed E-state index contributed by atoms with van der Waals surface area (Å²) in [4.78, 5) is 33.8. The van der Waals surface area contributed by atoms with Gasteiger partial charge in [0.25, 0.3) is 0 Å². The Hall–Kier alpha value is -4.02. The van der Waals surface area contributed by atoms with Crippen molar-refractivity contribution in [3.05, 3.63) is 58.9 Å². The van der Waals surface area contributed by atoms with E-state index >= 15 is 4.39 Å². The van der Waals surface area contributed by atoms with Gasteiger partial charge < -0.3 is 14.6 Å². The van der Waals surface area contributed by atoms with Crippen LogP contribution in [0.1, 0.15) is 47.7 Å². The third-order valence-corrected chi connectivity index (χ3v) is 7.69. The largest absolute Gasteiger partial charge is 0.423 e. The zero-order chi connectivity index (χ0) is 27.4. The van der Waals surface area contributed by atoms with Crippen molar-refractivity contribution in [2.45, 2.75) is 26.2 Å². The summed E-state index contributed by atoms with van der Waals surface area (Å²) in [6.45, 7) is 2.90. The standard InChI is InChI=1S/C25H25F2N5O5S/c1-3-31(2)38(35,36)30-20-8-7-19(26)21(22(20)27)23(33)18-15-29-24-17(18)13-16(14-28-24)9-12-37-25(34)32-10-5-4-6-11-32/h7-8,13-15,30H,3-6,10-11H2,1-2H3,(H,28,29). The number of aromatic amines is 1. The average Bonchev–Trinajstić information content (AvgIpc) is 3.33. The van der Waals surface area contributed by atoms with Gasteiger partial charge in [0.2, 0.25) is 5.78 Å². The molecule has 38 heavy (non-hydrogen) atoms. The third-order valence-electron chi connectivity index (χ3n) is 6.14. The summed E-state index contributed by atoms with van der Waals surface area (Å²) < 4.78 is 62.5. The van der Waals surface area contributed by atoms with Crippen LogP contribution in [0, 0.1) is 23.7 Å². The number of nitrogens with zero attached hydrogens (tertiary/aromatic N) is 3. The van der Waals surface area contributed by atoms with E-state index in [1.54, 1.807) is 11.8 Å². The molecule has 2 N–H and O–H groups in total. The summed E-state index contributed by atoms with van der Waals surface area (Å²) in [7, 11) is -2.84. The summed E-state index contributed by atoms with van der Waals surface area (Å²) in [5.41, 5.74) is -1.06. The molecule has 1 aliphatic heterocycles. The number of benzene rings is 1. The topological polar surface area (TPSA) is 125 Å². The first-order valence-electron chi connectivity index (χ1n) is 11.8. The molecule has 200 valence electrons. The lowest BCUT2D eigenvalue weighted by Crippen LogP contribution is -2.35. The van der Waals surface area contributed by atoms with Gasteiger partial charge in [-0.2, -0.15) is 12.7 Å². The van der Waals surface area contributed by atoms with Crippen LogP contribution in [0.4, 0.5) is 19.3 Å². The molecule has 0 saturated carbocycles. The average molecular weight is 546 g/mol. The smallest absolute Gasteiger partial charge is 0.355 e. The molecular weight excluding hydrogens is 520 g/mol. The zero-order valence-electron chi connectivity index (χ0n) is 20.7. The van der Waals surface area contributed by atoms with Crippen LogP contribution >= 0.6 is 0 Å². The Bertz CT molecular complexity index is 1560. The van der Waals surface area contributed by atoms with E-state index in [4.69, 9.17) is 4.74 Å². The second-order valence-electron chi connectivity index (χ2n) is 8.60. The number of hydrogen-bond acceptors (Lipinski definition) is 6. The number of pyridine rings is 1. The highest BCUT2D eigenvalue weighted by Gasteiger charge is 2.27. The summed E-state index contributed by atoms with van der Waals surface area (Å²) in [5.74, 6) is -0.909. The number of rotatable bonds is 6. The maximum Gasteiger partial charge on any atom is 0.423 e. The van der Waals surface area contributed by atoms with Crippen molar-refractivity contribution in [3.8, 4) is 12.0 Å². The van der Waals surface area contributed by atoms with Gasteiger partial charge in [-0.15, -0.1) is 0 Å². The number of anilines is 1. The number of ether oxygens (including phenoxy) is 1. The van der Waals surface area contributed by atoms with Crippen molar-refractivity contribution in [3.63, 3.8) is 0 Å². The minimum atomic E-state index is -4.12. The Labute approximate surface area is 218 Å². The maximum atomic E-state index is 15.2. The molecule has 10 nitrogen and oxygen atoms in total. The van der Waals surface area contributed by atoms with E-state index < -0.39 is 45.0 Å². The second kappa shape index (κ2) is 11.2. The van der Waals surface area contributed by atoms with Crippen molar-refractivity contribution in [2.24, 2.45) is 0 Å². The lowest BCUT2D eigenvalue weighted by atomic mass is 10.0. The lowest BCUT2D eigenvalue weighted by Gasteiger charge is -2.24. The molecule has 1 fully saturated rings. The van der Waals surface area contributed by atoms with Gasteiger partial charge in [0.05, 0.1) is 11.3 Å². The fourth-order valence-corrected chi connectivity index (χ4v) is 4.82. The summed E-state index contributed by atoms with van der Waals surface area (Å²) in [5, 5.41) is 0.222. The predicted octanol–water partition coefficient (Wildman–Crippen LogP) is 3.61. The van der Waals surface area contributed by atoms with Gasteiger partial charge in [0.15, 0.2) is 5.82 Å². The van der Waals surface area contributed by atoms with Crippen LogP contribution in [0.25, 0.3) is 11.0 Å². The third kappa shape index (κ3) is 5.61. The molecule has 0 atom stereocenters. The maximum absolute atomic E-state index is 15.2. The number of fused-ring (bicyclic) bond motifs is 1. The number of carbonyl (C=O) groups excluding carboxylic acids is 2. The van der Waals surface area contributed by atoms with E-state index in [0.717, 1.165) is 35.7 Å². The Morgan fingerprint density at radius 2 is 1.97 bits per heavy atom. The van der Waals surface area contributed by atoms with Crippen LogP contribution in [0.5, 0.6) is 0 Å². The highest BCUT2D eigenvalue weighted by Crippen LogP contribution is 2.28. The van der Waals surface area contributed by atoms with Crippen LogP contribution in [0.3, 0.4) is 0 Å². The van der Waals surface area contributed by atoms with Crippen molar-refractivity contribution in [1.29, 1.82) is 0 Å². The number of ketones is 1. The van der Waals surface area contributed by atoms with E-state index in [9.17, 15) is 22.4 Å². The Morgan fingerprint density at radius 1 is 1.24 bits per heavy atom. The van der Waals surface area contributed by atoms with E-state index in [1.165, 1.54) is 25.5 Å². The van der Waals surface area contributed by atoms with E-state index in [0.29, 0.717) is 18.7 Å². The minimum Gasteiger partial charge on any atom is -0.355 e. The van der Waals surface area contributed by atoms with Gasteiger partial charge in [-0.25, -0.2) is 18.6 Å². The fraction of sp³-hybridized carbons (Fsp3) is 0.320. The van der Waals surface area contributed by atoms with Gasteiger partial charge in [-0.05, 0) is 43.4 Å². The number of aromatic nitrogens is 2. The van der Waals surface area contributed by atoms with Gasteiger partial charge >= 0.3 is 16.3 Å². The molecule has 13 heteroatoms. The first kappa shape index (κ1) is 27.0. The van der Waals surface area contributed by atoms with Gasteiger partial charge in [-0.1, -0.05) is 6.92 Å². The van der Waals surface area contributed by atoms with Crippen molar-refractivity contribution >= 4 is 38.8 Å². The SMILES string of the molecule is CCN(C)S(=O)(=O)Nc1ccc(F)c(C(=O)c2c[nH]c3ncc(C#COC(=O)N4CCCCC4)cc23)c1F. The van der Waals surface area contributed by atoms with Crippen LogP contribution in [-0.4, -0.2) is 66.1 Å². The number of carbonyl (C=O) groups is 2. The second-order valence-corrected chi connectivity index (χ2v) is 10.4. The van der Waals surface area contributed by atoms with Gasteiger partial charge in [-0.3, -0.25) is 9.52 Å². The van der Waals surface area contributed by atoms with Crippen LogP contribution < -0.4 is 4.72 Å². The molecule has 0 spiro atoms. The van der Waals surface area contributed by atoms with Crippen LogP contribution in [0.2, 0.25) is 0 Å². The van der Waals surface area contributed by atoms with E-state index in [1.807, 2.05) is 4.72 Å². The molecule has 2 aromatic heterocycles. The number of nitrogens with one attached hydrogen (secondary N) is 2. The molecule has 3 heterocycles. The number of piperidine rings is 1. The number of amides is 1. The number of hydrogen-bond donors (Lipinski definition) is 2. The molecule has 1 saturated heterocycles. The van der Waals surface area contributed by atoms with Gasteiger partial charge in [0.1, 0.15) is 17.6 Å². The number of H-pyrrole nitrogens is 1. The van der Waals surface area contributed by atoms with Crippen LogP contribution in [0.15, 0.2) is 30.6 Å². The molecule has 3 aromatic rings. The van der Waals surface area contributed by atoms with Crippen molar-refractivity contribution < 1.29 is 31.5 Å². The van der Waals surface area contributed by atoms with Gasteiger partial charge in [0, 0.05) is 55.6 Å². The fourth-order valence-electron chi connectivity index (χ4n) is 3.89. The minimum absolute atomic E-state index is 0.106. The summed E-state index contributed by atoms with van der Waals surface area (Å²) >= 11 is 0. The first-order chi connectivity index (χ1) is 18.1. The molecule has 0 aliphatic carbocycles. The zero-order valence-corrected chi connectivity index (χ0v) is 21.5. The molecule has 4 rings (SSSR count). The molecule has 1 aromatic carbocycles. The summed E-state index contributed by atoms with van der Waals surface area (Å²) in [6.07, 6.45) is 7.28. The Morgan fingerprint density at radius 3 is 2.68 bits per heavy atom. The molecule has 0 radical (unpaired) electrons. The predicted molar refractivity (Wildman–Crippen MR) is 136 cm³/mol. The normalized spacial score (nSPS) is 13.8. The quantitative estimate of drug-likeness (QED) is 0.360. The molecule has 0 bridgehead atoms. The molecular formula is C25H25F2N5O5S.